The van der Waals surface area contributed by atoms with E-state index in [9.17, 15) is 0 Å². The van der Waals surface area contributed by atoms with Crippen LogP contribution in [0.5, 0.6) is 0 Å². The molecule has 0 bridgehead atoms. The molecule has 2 radical (unpaired) electrons. The summed E-state index contributed by atoms with van der Waals surface area (Å²) in [6, 6.07) is 0. The van der Waals surface area contributed by atoms with Crippen LogP contribution in [0.3, 0.4) is 0 Å². The van der Waals surface area contributed by atoms with Crippen molar-refractivity contribution < 1.29 is 110 Å². The van der Waals surface area contributed by atoms with Crippen LogP contribution in [0.25, 0.3) is 31.9 Å². The van der Waals surface area contributed by atoms with Crippen molar-refractivity contribution in [1.29, 1.82) is 0 Å². The van der Waals surface area contributed by atoms with Gasteiger partial charge in [0.2, 0.25) is 0 Å². The standard InChI is InChI=1S/2C6H12N3.4C4H8N2O2.4Cu/c2*1-2-8-5-6-9-4-3-7-1;4*1-3(5-7)4(2)6-8;;;;/h2*1-6H2;4*7-8H,1-2H3;;;;/q2*-3;;;;;;;2*+1/b;;3*5-3+,6-4+;5-3-,6-4+;;;;. The molecule has 2 rings (SSSR count). The molecule has 0 saturated carbocycles. The van der Waals surface area contributed by atoms with Crippen molar-refractivity contribution in [1.82, 2.24) is 0 Å². The van der Waals surface area contributed by atoms with Crippen LogP contribution in [0.1, 0.15) is 55.4 Å². The van der Waals surface area contributed by atoms with Gasteiger partial charge in [0.1, 0.15) is 45.7 Å². The summed E-state index contributed by atoms with van der Waals surface area (Å²) in [5.74, 6) is 0. The molecule has 2 fully saturated rings. The summed E-state index contributed by atoms with van der Waals surface area (Å²) < 4.78 is 0. The van der Waals surface area contributed by atoms with Crippen LogP contribution in [-0.4, -0.2) is 166 Å². The van der Waals surface area contributed by atoms with Crippen LogP contribution in [-0.2, 0) is 68.3 Å². The van der Waals surface area contributed by atoms with E-state index in [-0.39, 0.29) is 68.3 Å². The van der Waals surface area contributed by atoms with Gasteiger partial charge in [-0.15, -0.1) is 0 Å². The maximum atomic E-state index is 8.03. The Labute approximate surface area is 360 Å². The van der Waals surface area contributed by atoms with Crippen LogP contribution in [0.15, 0.2) is 41.2 Å². The summed E-state index contributed by atoms with van der Waals surface area (Å²) in [6.07, 6.45) is 0. The molecule has 54 heavy (non-hydrogen) atoms. The fraction of sp³-hybridized carbons (Fsp3) is 0.714. The van der Waals surface area contributed by atoms with Gasteiger partial charge in [-0.05, 0) is 55.4 Å². The third-order valence-electron chi connectivity index (χ3n) is 5.79. The Kier molecular flexibility index (Phi) is 70.7. The first-order chi connectivity index (χ1) is 23.9. The monoisotopic (exact) mass is 968 g/mol. The maximum Gasteiger partial charge on any atom is 1.00 e. The molecule has 26 heteroatoms. The predicted molar refractivity (Wildman–Crippen MR) is 198 cm³/mol. The molecule has 0 aromatic carbocycles. The minimum atomic E-state index is 0. The summed E-state index contributed by atoms with van der Waals surface area (Å²) in [4.78, 5) is 0. The van der Waals surface area contributed by atoms with Crippen LogP contribution in [0.2, 0.25) is 0 Å². The number of oxime groups is 8. The second-order valence-electron chi connectivity index (χ2n) is 9.51. The second-order valence-corrected chi connectivity index (χ2v) is 9.51. The third-order valence-corrected chi connectivity index (χ3v) is 5.79. The van der Waals surface area contributed by atoms with Gasteiger partial charge in [0.25, 0.3) is 0 Å². The molecule has 0 aromatic heterocycles. The average Bonchev–Trinajstić information content (AvgIpc) is 3.43. The molecule has 2 heterocycles. The minimum absolute atomic E-state index is 0. The van der Waals surface area contributed by atoms with Crippen LogP contribution < -0.4 is 0 Å². The normalized spacial score (nSPS) is 16.4. The van der Waals surface area contributed by atoms with Crippen molar-refractivity contribution in [3.05, 3.63) is 31.9 Å². The Balaban J connectivity index is -0.0000000773. The van der Waals surface area contributed by atoms with E-state index in [2.05, 4.69) is 73.1 Å². The van der Waals surface area contributed by atoms with E-state index in [0.717, 1.165) is 78.5 Å². The summed E-state index contributed by atoms with van der Waals surface area (Å²) in [6.45, 7) is 23.1. The van der Waals surface area contributed by atoms with Crippen molar-refractivity contribution in [3.63, 3.8) is 0 Å². The van der Waals surface area contributed by atoms with Crippen molar-refractivity contribution in [2.75, 3.05) is 78.5 Å². The molecule has 0 unspecified atom stereocenters. The number of hydrogen-bond donors (Lipinski definition) is 8. The SMILES string of the molecule is C1C[N-]CC[N-]CC[N-]1.C1C[N-]CC[N-]CC[N-]1.CC(=N/O)/C(C)=N/O.CC(=N\O)/C(C)=N/O.CC(=N\O)/C(C)=N/O.CC(=N\O)/C(C)=N/O.[Cu+].[Cu+].[Cu].[Cu]. The first kappa shape index (κ1) is 69.5. The van der Waals surface area contributed by atoms with Crippen molar-refractivity contribution >= 4 is 45.7 Å². The first-order valence-corrected chi connectivity index (χ1v) is 15.2. The molecule has 22 nitrogen and oxygen atoms in total. The zero-order valence-electron chi connectivity index (χ0n) is 31.5. The average molecular weight is 971 g/mol. The molecular weight excluding hydrogens is 915 g/mol. The van der Waals surface area contributed by atoms with Gasteiger partial charge in [0.05, 0.1) is 0 Å². The smallest absolute Gasteiger partial charge is 0.665 e. The fourth-order valence-corrected chi connectivity index (χ4v) is 2.10. The Morgan fingerprint density at radius 2 is 0.333 bits per heavy atom. The maximum absolute atomic E-state index is 8.03. The van der Waals surface area contributed by atoms with Crippen molar-refractivity contribution in [3.8, 4) is 0 Å². The van der Waals surface area contributed by atoms with Gasteiger partial charge < -0.3 is 73.6 Å². The van der Waals surface area contributed by atoms with E-state index in [0.29, 0.717) is 45.7 Å². The van der Waals surface area contributed by atoms with E-state index in [1.807, 2.05) is 0 Å². The Morgan fingerprint density at radius 3 is 0.389 bits per heavy atom. The summed E-state index contributed by atoms with van der Waals surface area (Å²) >= 11 is 0. The third kappa shape index (κ3) is 51.7. The van der Waals surface area contributed by atoms with Gasteiger partial charge >= 0.3 is 34.1 Å². The molecule has 0 amide bonds. The van der Waals surface area contributed by atoms with Crippen LogP contribution in [0.4, 0.5) is 0 Å². The molecule has 0 spiro atoms. The molecule has 0 atom stereocenters. The van der Waals surface area contributed by atoms with E-state index in [1.54, 1.807) is 0 Å². The Bertz CT molecular complexity index is 818. The van der Waals surface area contributed by atoms with Crippen LogP contribution in [0, 0.1) is 0 Å². The zero-order valence-corrected chi connectivity index (χ0v) is 35.3. The van der Waals surface area contributed by atoms with Gasteiger partial charge in [-0.25, -0.2) is 0 Å². The van der Waals surface area contributed by atoms with Gasteiger partial charge in [0, 0.05) is 34.1 Å². The fourth-order valence-electron chi connectivity index (χ4n) is 2.10. The molecule has 0 aliphatic carbocycles. The number of rotatable bonds is 4. The molecule has 334 valence electrons. The molecular formula is C28H56Cu4N14O8-4. The summed E-state index contributed by atoms with van der Waals surface area (Å²) in [5.41, 5.74) is 2.50. The van der Waals surface area contributed by atoms with Gasteiger partial charge in [-0.2, -0.15) is 78.5 Å². The quantitative estimate of drug-likeness (QED) is 0.0820. The van der Waals surface area contributed by atoms with Gasteiger partial charge in [-0.1, -0.05) is 41.2 Å². The molecule has 8 N–H and O–H groups in total. The zero-order chi connectivity index (χ0) is 39.0. The summed E-state index contributed by atoms with van der Waals surface area (Å²) in [7, 11) is 0. The molecule has 2 aliphatic heterocycles. The van der Waals surface area contributed by atoms with E-state index in [1.165, 1.54) is 55.4 Å². The van der Waals surface area contributed by atoms with E-state index >= 15 is 0 Å². The van der Waals surface area contributed by atoms with Gasteiger partial charge in [0.15, 0.2) is 0 Å². The largest absolute Gasteiger partial charge is 1.00 e. The van der Waals surface area contributed by atoms with Gasteiger partial charge in [-0.3, -0.25) is 0 Å². The molecule has 2 saturated heterocycles. The Hall–Kier alpha value is -2.40. The summed E-state index contributed by atoms with van der Waals surface area (Å²) in [5, 5.41) is 112. The van der Waals surface area contributed by atoms with Crippen molar-refractivity contribution in [2.45, 2.75) is 55.4 Å². The minimum Gasteiger partial charge on any atom is -0.665 e. The molecule has 0 aromatic rings. The predicted octanol–water partition coefficient (Wildman–Crippen LogP) is 4.98. The number of nitrogens with zero attached hydrogens (tertiary/aromatic N) is 14. The topological polar surface area (TPSA) is 345 Å². The molecule has 2 aliphatic rings. The second kappa shape index (κ2) is 54.9. The van der Waals surface area contributed by atoms with Crippen molar-refractivity contribution in [2.24, 2.45) is 41.2 Å². The van der Waals surface area contributed by atoms with E-state index in [4.69, 9.17) is 41.7 Å². The first-order valence-electron chi connectivity index (χ1n) is 15.2. The Morgan fingerprint density at radius 1 is 0.259 bits per heavy atom. The van der Waals surface area contributed by atoms with E-state index < -0.39 is 0 Å². The van der Waals surface area contributed by atoms with Crippen LogP contribution >= 0.6 is 0 Å². The number of hydrogen-bond acceptors (Lipinski definition) is 16.